The normalized spacial score (nSPS) is 14.9. The molecule has 0 bridgehead atoms. The van der Waals surface area contributed by atoms with Gasteiger partial charge in [0.15, 0.2) is 0 Å². The van der Waals surface area contributed by atoms with Crippen LogP contribution in [0.3, 0.4) is 0 Å². The third-order valence-electron chi connectivity index (χ3n) is 7.03. The third kappa shape index (κ3) is 7.87. The lowest BCUT2D eigenvalue weighted by atomic mass is 10.0. The first-order valence-electron chi connectivity index (χ1n) is 14.3. The van der Waals surface area contributed by atoms with Crippen LogP contribution in [0.4, 0.5) is 5.69 Å². The summed E-state index contributed by atoms with van der Waals surface area (Å²) in [4.78, 5) is 54.4. The number of anilines is 1. The van der Waals surface area contributed by atoms with E-state index in [1.807, 2.05) is 38.1 Å². The maximum absolute atomic E-state index is 13.5. The van der Waals surface area contributed by atoms with Gasteiger partial charge in [-0.25, -0.2) is 13.6 Å². The van der Waals surface area contributed by atoms with E-state index in [4.69, 9.17) is 9.88 Å². The first-order valence-corrected chi connectivity index (χ1v) is 15.9. The molecule has 2 atom stereocenters. The van der Waals surface area contributed by atoms with E-state index < -0.39 is 51.4 Å². The number of hydrogen-bond donors (Lipinski definition) is 3. The molecule has 1 heterocycles. The fourth-order valence-electron chi connectivity index (χ4n) is 5.03. The van der Waals surface area contributed by atoms with E-state index in [1.165, 1.54) is 24.3 Å². The highest BCUT2D eigenvalue weighted by molar-refractivity contribution is 7.89. The number of fused-ring (bicyclic) bond motifs is 2. The van der Waals surface area contributed by atoms with Crippen molar-refractivity contribution in [1.82, 2.24) is 10.2 Å². The monoisotopic (exact) mass is 622 g/mol. The Morgan fingerprint density at radius 2 is 1.50 bits per heavy atom. The second-order valence-electron chi connectivity index (χ2n) is 12.3. The van der Waals surface area contributed by atoms with Crippen molar-refractivity contribution >= 4 is 50.2 Å². The Bertz CT molecular complexity index is 1660. The number of ether oxygens (including phenoxy) is 1. The topological polar surface area (TPSA) is 165 Å². The Labute approximate surface area is 257 Å². The molecule has 1 aliphatic rings. The fraction of sp³-hybridized carbons (Fsp3) is 0.375. The van der Waals surface area contributed by atoms with Gasteiger partial charge in [-0.05, 0) is 80.6 Å². The quantitative estimate of drug-likeness (QED) is 0.214. The Kier molecular flexibility index (Phi) is 9.57. The number of nitrogens with two attached hydrogens (primary N) is 1. The van der Waals surface area contributed by atoms with Crippen molar-refractivity contribution in [3.05, 3.63) is 71.8 Å². The average molecular weight is 623 g/mol. The van der Waals surface area contributed by atoms with Crippen molar-refractivity contribution in [3.63, 3.8) is 0 Å². The molecule has 234 valence electrons. The molecule has 0 spiro atoms. The van der Waals surface area contributed by atoms with Gasteiger partial charge in [0.25, 0.3) is 11.8 Å². The molecule has 0 radical (unpaired) electrons. The largest absolute Gasteiger partial charge is 0.459 e. The van der Waals surface area contributed by atoms with E-state index in [0.29, 0.717) is 17.5 Å². The first kappa shape index (κ1) is 32.8. The predicted octanol–water partition coefficient (Wildman–Crippen LogP) is 3.83. The molecule has 0 aromatic heterocycles. The minimum absolute atomic E-state index is 0.0112. The number of nitrogens with zero attached hydrogens (tertiary/aromatic N) is 1. The zero-order valence-electron chi connectivity index (χ0n) is 25.4. The summed E-state index contributed by atoms with van der Waals surface area (Å²) >= 11 is 0. The molecule has 3 aromatic rings. The second-order valence-corrected chi connectivity index (χ2v) is 13.9. The SMILES string of the molecule is CC(C)C[C@H](N[C@H](CCN1C(=O)c2cc3ccccc3cc2C1=O)C(=O)OC(C)(C)C)C(=O)Nc1cccc(S(N)(=O)=O)c1. The average Bonchev–Trinajstić information content (AvgIpc) is 3.15. The molecule has 0 unspecified atom stereocenters. The number of sulfonamides is 1. The van der Waals surface area contributed by atoms with Crippen molar-refractivity contribution < 1.29 is 32.3 Å². The van der Waals surface area contributed by atoms with E-state index in [9.17, 15) is 27.6 Å². The molecule has 0 saturated heterocycles. The van der Waals surface area contributed by atoms with Crippen molar-refractivity contribution in [2.24, 2.45) is 11.1 Å². The number of imide groups is 1. The van der Waals surface area contributed by atoms with Gasteiger partial charge in [-0.2, -0.15) is 0 Å². The van der Waals surface area contributed by atoms with Crippen molar-refractivity contribution in [2.75, 3.05) is 11.9 Å². The van der Waals surface area contributed by atoms with Crippen molar-refractivity contribution in [2.45, 2.75) is 70.0 Å². The van der Waals surface area contributed by atoms with Gasteiger partial charge in [-0.15, -0.1) is 0 Å². The smallest absolute Gasteiger partial charge is 0.323 e. The summed E-state index contributed by atoms with van der Waals surface area (Å²) < 4.78 is 29.2. The molecule has 1 aliphatic heterocycles. The number of primary sulfonamides is 1. The van der Waals surface area contributed by atoms with Crippen molar-refractivity contribution in [3.8, 4) is 0 Å². The highest BCUT2D eigenvalue weighted by atomic mass is 32.2. The number of rotatable bonds is 11. The van der Waals surface area contributed by atoms with E-state index in [0.717, 1.165) is 15.7 Å². The standard InChI is InChI=1S/C32H38N4O7S/c1-19(2)15-27(28(37)34-22-11-8-12-23(18-22)44(33,41)42)35-26(31(40)43-32(3,4)5)13-14-36-29(38)24-16-20-9-6-7-10-21(20)17-25(24)30(36)39/h6-12,16-19,26-27,35H,13-15H2,1-5H3,(H,34,37)(H2,33,41,42)/t26-,27+/m1/s1. The molecule has 0 fully saturated rings. The van der Waals surface area contributed by atoms with E-state index in [1.54, 1.807) is 32.9 Å². The molecule has 12 heteroatoms. The van der Waals surface area contributed by atoms with Crippen LogP contribution < -0.4 is 15.8 Å². The number of hydrogen-bond acceptors (Lipinski definition) is 8. The Morgan fingerprint density at radius 1 is 0.909 bits per heavy atom. The molecule has 4 rings (SSSR count). The Balaban J connectivity index is 1.56. The van der Waals surface area contributed by atoms with Gasteiger partial charge in [-0.1, -0.05) is 44.2 Å². The predicted molar refractivity (Wildman–Crippen MR) is 166 cm³/mol. The molecular weight excluding hydrogens is 584 g/mol. The number of carbonyl (C=O) groups is 4. The number of carbonyl (C=O) groups excluding carboxylic acids is 4. The minimum atomic E-state index is -3.99. The summed E-state index contributed by atoms with van der Waals surface area (Å²) in [6, 6.07) is 14.4. The van der Waals surface area contributed by atoms with Crippen LogP contribution >= 0.6 is 0 Å². The summed E-state index contributed by atoms with van der Waals surface area (Å²) in [6.45, 7) is 8.88. The lowest BCUT2D eigenvalue weighted by Crippen LogP contribution is -2.52. The van der Waals surface area contributed by atoms with E-state index in [2.05, 4.69) is 10.6 Å². The maximum Gasteiger partial charge on any atom is 0.323 e. The van der Waals surface area contributed by atoms with Crippen LogP contribution in [0.5, 0.6) is 0 Å². The van der Waals surface area contributed by atoms with Gasteiger partial charge in [-0.3, -0.25) is 29.4 Å². The van der Waals surface area contributed by atoms with Gasteiger partial charge < -0.3 is 10.1 Å². The van der Waals surface area contributed by atoms with Crippen LogP contribution in [-0.4, -0.2) is 61.2 Å². The summed E-state index contributed by atoms with van der Waals surface area (Å²) in [7, 11) is -3.99. The first-order chi connectivity index (χ1) is 20.5. The van der Waals surface area contributed by atoms with Crippen LogP contribution in [-0.2, 0) is 24.3 Å². The highest BCUT2D eigenvalue weighted by Crippen LogP contribution is 2.28. The molecule has 0 saturated carbocycles. The van der Waals surface area contributed by atoms with Crippen molar-refractivity contribution in [1.29, 1.82) is 0 Å². The molecule has 3 amide bonds. The Morgan fingerprint density at radius 3 is 2.02 bits per heavy atom. The number of benzene rings is 3. The molecule has 3 aromatic carbocycles. The number of esters is 1. The number of amides is 3. The minimum Gasteiger partial charge on any atom is -0.459 e. The summed E-state index contributed by atoms with van der Waals surface area (Å²) in [5.41, 5.74) is -0.0239. The van der Waals surface area contributed by atoms with Crippen LogP contribution in [0.1, 0.15) is 68.2 Å². The molecule has 4 N–H and O–H groups in total. The fourth-order valence-corrected chi connectivity index (χ4v) is 5.59. The summed E-state index contributed by atoms with van der Waals surface area (Å²) in [5, 5.41) is 12.7. The molecular formula is C32H38N4O7S. The van der Waals surface area contributed by atoms with Gasteiger partial charge >= 0.3 is 5.97 Å². The zero-order valence-corrected chi connectivity index (χ0v) is 26.2. The van der Waals surface area contributed by atoms with Gasteiger partial charge in [0.05, 0.1) is 22.1 Å². The molecule has 11 nitrogen and oxygen atoms in total. The van der Waals surface area contributed by atoms with Crippen LogP contribution in [0, 0.1) is 5.92 Å². The lowest BCUT2D eigenvalue weighted by Gasteiger charge is -2.29. The highest BCUT2D eigenvalue weighted by Gasteiger charge is 2.38. The molecule has 0 aliphatic carbocycles. The summed E-state index contributed by atoms with van der Waals surface area (Å²) in [5.74, 6) is -2.03. The number of nitrogens with one attached hydrogen (secondary N) is 2. The van der Waals surface area contributed by atoms with E-state index in [-0.39, 0.29) is 29.5 Å². The summed E-state index contributed by atoms with van der Waals surface area (Å²) in [6.07, 6.45) is 0.308. The second kappa shape index (κ2) is 12.8. The Hall–Kier alpha value is -4.13. The van der Waals surface area contributed by atoms with Gasteiger partial charge in [0.1, 0.15) is 11.6 Å². The van der Waals surface area contributed by atoms with Gasteiger partial charge in [0.2, 0.25) is 15.9 Å². The third-order valence-corrected chi connectivity index (χ3v) is 7.94. The van der Waals surface area contributed by atoms with Crippen LogP contribution in [0.25, 0.3) is 10.8 Å². The van der Waals surface area contributed by atoms with Gasteiger partial charge in [0, 0.05) is 12.2 Å². The molecule has 44 heavy (non-hydrogen) atoms. The zero-order chi connectivity index (χ0) is 32.4. The maximum atomic E-state index is 13.5. The van der Waals surface area contributed by atoms with Crippen LogP contribution in [0.15, 0.2) is 65.6 Å². The van der Waals surface area contributed by atoms with Crippen LogP contribution in [0.2, 0.25) is 0 Å². The van der Waals surface area contributed by atoms with E-state index >= 15 is 0 Å². The lowest BCUT2D eigenvalue weighted by molar-refractivity contribution is -0.158.